The highest BCUT2D eigenvalue weighted by Crippen LogP contribution is 2.32. The molecule has 1 aliphatic carbocycles. The summed E-state index contributed by atoms with van der Waals surface area (Å²) in [5.74, 6) is 0.125. The van der Waals surface area contributed by atoms with Crippen LogP contribution in [0.15, 0.2) is 17.3 Å². The fraction of sp³-hybridized carbons (Fsp3) is 0.714. The van der Waals surface area contributed by atoms with E-state index in [-0.39, 0.29) is 16.6 Å². The highest BCUT2D eigenvalue weighted by molar-refractivity contribution is 7.91. The number of carbonyl (C=O) groups excluding carboxylic acids is 1. The van der Waals surface area contributed by atoms with Crippen LogP contribution in [0.1, 0.15) is 45.1 Å². The van der Waals surface area contributed by atoms with Crippen LogP contribution < -0.4 is 0 Å². The molecule has 0 amide bonds. The van der Waals surface area contributed by atoms with E-state index in [4.69, 9.17) is 4.74 Å². The van der Waals surface area contributed by atoms with Gasteiger partial charge in [-0.1, -0.05) is 32.6 Å². The van der Waals surface area contributed by atoms with Gasteiger partial charge in [0.1, 0.15) is 10.9 Å². The Morgan fingerprint density at radius 1 is 1.48 bits per heavy atom. The van der Waals surface area contributed by atoms with Crippen LogP contribution in [-0.4, -0.2) is 37.0 Å². The molecule has 1 heterocycles. The number of sulfone groups is 1. The van der Waals surface area contributed by atoms with E-state index in [9.17, 15) is 13.2 Å². The standard InChI is InChI=1S/C14H22N2O4S/c1-3-21(18,19)12-9-15-16(10-12)13(14(17)20-2)8-11-6-4-5-7-11/h9-11,13H,3-8H2,1-2H3/t13-/m0/s1. The largest absolute Gasteiger partial charge is 0.467 e. The van der Waals surface area contributed by atoms with Gasteiger partial charge in [0.15, 0.2) is 9.84 Å². The number of carbonyl (C=O) groups is 1. The van der Waals surface area contributed by atoms with Crippen molar-refractivity contribution in [2.75, 3.05) is 12.9 Å². The van der Waals surface area contributed by atoms with E-state index >= 15 is 0 Å². The van der Waals surface area contributed by atoms with Crippen LogP contribution >= 0.6 is 0 Å². The molecule has 1 fully saturated rings. The van der Waals surface area contributed by atoms with Gasteiger partial charge < -0.3 is 4.74 Å². The number of ether oxygens (including phenoxy) is 1. The number of aromatic nitrogens is 2. The molecular formula is C14H22N2O4S. The minimum atomic E-state index is -3.31. The summed E-state index contributed by atoms with van der Waals surface area (Å²) >= 11 is 0. The quantitative estimate of drug-likeness (QED) is 0.750. The molecule has 0 radical (unpaired) electrons. The molecule has 1 aromatic heterocycles. The minimum absolute atomic E-state index is 0.0181. The van der Waals surface area contributed by atoms with Gasteiger partial charge in [-0.05, 0) is 12.3 Å². The maximum atomic E-state index is 12.0. The van der Waals surface area contributed by atoms with E-state index in [1.165, 1.54) is 37.0 Å². The van der Waals surface area contributed by atoms with Crippen LogP contribution in [0.5, 0.6) is 0 Å². The molecule has 7 heteroatoms. The summed E-state index contributed by atoms with van der Waals surface area (Å²) in [5.41, 5.74) is 0. The molecule has 1 aliphatic rings. The summed E-state index contributed by atoms with van der Waals surface area (Å²) in [4.78, 5) is 12.2. The Kier molecular flexibility index (Phi) is 5.03. The lowest BCUT2D eigenvalue weighted by Crippen LogP contribution is -2.23. The molecule has 0 N–H and O–H groups in total. The second kappa shape index (κ2) is 6.60. The first-order valence-corrected chi connectivity index (χ1v) is 8.98. The Balaban J connectivity index is 2.22. The van der Waals surface area contributed by atoms with Crippen molar-refractivity contribution < 1.29 is 17.9 Å². The fourth-order valence-electron chi connectivity index (χ4n) is 2.83. The van der Waals surface area contributed by atoms with Gasteiger partial charge in [-0.15, -0.1) is 0 Å². The maximum absolute atomic E-state index is 12.0. The van der Waals surface area contributed by atoms with E-state index in [0.717, 1.165) is 12.8 Å². The molecular weight excluding hydrogens is 292 g/mol. The van der Waals surface area contributed by atoms with E-state index in [0.29, 0.717) is 12.3 Å². The zero-order chi connectivity index (χ0) is 15.5. The normalized spacial score (nSPS) is 17.8. The Labute approximate surface area is 125 Å². The average Bonchev–Trinajstić information content (AvgIpc) is 3.15. The molecule has 0 aromatic carbocycles. The van der Waals surface area contributed by atoms with E-state index in [2.05, 4.69) is 5.10 Å². The number of rotatable bonds is 6. The summed E-state index contributed by atoms with van der Waals surface area (Å²) in [5, 5.41) is 4.08. The average molecular weight is 314 g/mol. The van der Waals surface area contributed by atoms with Crippen molar-refractivity contribution in [1.82, 2.24) is 9.78 Å². The number of methoxy groups -OCH3 is 1. The van der Waals surface area contributed by atoms with Gasteiger partial charge in [-0.3, -0.25) is 4.68 Å². The zero-order valence-corrected chi connectivity index (χ0v) is 13.3. The lowest BCUT2D eigenvalue weighted by atomic mass is 9.98. The summed E-state index contributed by atoms with van der Waals surface area (Å²) in [7, 11) is -1.96. The Hall–Kier alpha value is -1.37. The van der Waals surface area contributed by atoms with Crippen LogP contribution in [0.3, 0.4) is 0 Å². The molecule has 0 aliphatic heterocycles. The van der Waals surface area contributed by atoms with Gasteiger partial charge in [0, 0.05) is 6.20 Å². The Morgan fingerprint density at radius 3 is 2.71 bits per heavy atom. The van der Waals surface area contributed by atoms with Gasteiger partial charge in [-0.25, -0.2) is 13.2 Å². The summed E-state index contributed by atoms with van der Waals surface area (Å²) in [6.07, 6.45) is 7.99. The predicted octanol–water partition coefficient (Wildman–Crippen LogP) is 1.97. The molecule has 0 unspecified atom stereocenters. The molecule has 2 rings (SSSR count). The summed E-state index contributed by atoms with van der Waals surface area (Å²) in [6, 6.07) is -0.543. The number of hydrogen-bond donors (Lipinski definition) is 0. The van der Waals surface area contributed by atoms with Crippen molar-refractivity contribution in [3.8, 4) is 0 Å². The monoisotopic (exact) mass is 314 g/mol. The SMILES string of the molecule is CCS(=O)(=O)c1cnn([C@@H](CC2CCCC2)C(=O)OC)c1. The number of hydrogen-bond acceptors (Lipinski definition) is 5. The highest BCUT2D eigenvalue weighted by atomic mass is 32.2. The van der Waals surface area contributed by atoms with Crippen LogP contribution in [-0.2, 0) is 19.4 Å². The summed E-state index contributed by atoms with van der Waals surface area (Å²) in [6.45, 7) is 1.59. The smallest absolute Gasteiger partial charge is 0.330 e. The van der Waals surface area contributed by atoms with Crippen LogP contribution in [0.2, 0.25) is 0 Å². The molecule has 1 saturated carbocycles. The van der Waals surface area contributed by atoms with E-state index < -0.39 is 15.9 Å². The van der Waals surface area contributed by atoms with Crippen LogP contribution in [0, 0.1) is 5.92 Å². The van der Waals surface area contributed by atoms with Gasteiger partial charge in [-0.2, -0.15) is 5.10 Å². The molecule has 6 nitrogen and oxygen atoms in total. The van der Waals surface area contributed by atoms with Gasteiger partial charge in [0.2, 0.25) is 0 Å². The second-order valence-corrected chi connectivity index (χ2v) is 7.76. The van der Waals surface area contributed by atoms with Gasteiger partial charge in [0.05, 0.1) is 19.1 Å². The van der Waals surface area contributed by atoms with Crippen LogP contribution in [0.4, 0.5) is 0 Å². The maximum Gasteiger partial charge on any atom is 0.330 e. The zero-order valence-electron chi connectivity index (χ0n) is 12.5. The molecule has 1 atom stereocenters. The van der Waals surface area contributed by atoms with E-state index in [1.807, 2.05) is 0 Å². The Bertz CT molecular complexity index is 588. The molecule has 0 bridgehead atoms. The van der Waals surface area contributed by atoms with Crippen molar-refractivity contribution in [2.45, 2.75) is 50.0 Å². The third kappa shape index (κ3) is 3.64. The lowest BCUT2D eigenvalue weighted by Gasteiger charge is -2.18. The third-order valence-electron chi connectivity index (χ3n) is 4.14. The predicted molar refractivity (Wildman–Crippen MR) is 77.6 cm³/mol. The van der Waals surface area contributed by atoms with E-state index in [1.54, 1.807) is 6.92 Å². The van der Waals surface area contributed by atoms with Crippen molar-refractivity contribution in [2.24, 2.45) is 5.92 Å². The molecule has 0 spiro atoms. The molecule has 21 heavy (non-hydrogen) atoms. The number of esters is 1. The Morgan fingerprint density at radius 2 is 2.14 bits per heavy atom. The van der Waals surface area contributed by atoms with Crippen molar-refractivity contribution in [1.29, 1.82) is 0 Å². The second-order valence-electron chi connectivity index (χ2n) is 5.48. The lowest BCUT2D eigenvalue weighted by molar-refractivity contribution is -0.145. The van der Waals surface area contributed by atoms with Gasteiger partial charge >= 0.3 is 5.97 Å². The first kappa shape index (κ1) is 16.0. The number of nitrogens with zero attached hydrogens (tertiary/aromatic N) is 2. The minimum Gasteiger partial charge on any atom is -0.467 e. The van der Waals surface area contributed by atoms with Crippen LogP contribution in [0.25, 0.3) is 0 Å². The first-order valence-electron chi connectivity index (χ1n) is 7.32. The third-order valence-corrected chi connectivity index (χ3v) is 5.83. The van der Waals surface area contributed by atoms with Crippen molar-refractivity contribution in [3.05, 3.63) is 12.4 Å². The van der Waals surface area contributed by atoms with Crippen molar-refractivity contribution >= 4 is 15.8 Å². The first-order chi connectivity index (χ1) is 9.97. The van der Waals surface area contributed by atoms with Crippen molar-refractivity contribution in [3.63, 3.8) is 0 Å². The topological polar surface area (TPSA) is 78.3 Å². The molecule has 0 saturated heterocycles. The molecule has 118 valence electrons. The fourth-order valence-corrected chi connectivity index (χ4v) is 3.64. The van der Waals surface area contributed by atoms with Gasteiger partial charge in [0.25, 0.3) is 0 Å². The molecule has 1 aromatic rings. The summed E-state index contributed by atoms with van der Waals surface area (Å²) < 4.78 is 30.0. The highest BCUT2D eigenvalue weighted by Gasteiger charge is 2.29.